The number of ether oxygens (including phenoxy) is 2. The monoisotopic (exact) mass is 236 g/mol. The minimum atomic E-state index is -0.408. The second kappa shape index (κ2) is 9.15. The molecule has 15 heavy (non-hydrogen) atoms. The van der Waals surface area contributed by atoms with Crippen molar-refractivity contribution >= 4 is 16.9 Å². The van der Waals surface area contributed by atoms with Gasteiger partial charge in [0.2, 0.25) is 0 Å². The highest BCUT2D eigenvalue weighted by molar-refractivity contribution is 8.13. The molecular formula is C10H20O4S. The van der Waals surface area contributed by atoms with E-state index in [2.05, 4.69) is 0 Å². The van der Waals surface area contributed by atoms with E-state index in [9.17, 15) is 4.79 Å². The van der Waals surface area contributed by atoms with Crippen LogP contribution in [0, 0.1) is 5.92 Å². The second-order valence-electron chi connectivity index (χ2n) is 3.26. The van der Waals surface area contributed by atoms with Crippen molar-refractivity contribution < 1.29 is 19.4 Å². The van der Waals surface area contributed by atoms with Crippen LogP contribution in [0.15, 0.2) is 0 Å². The van der Waals surface area contributed by atoms with Crippen LogP contribution in [0.3, 0.4) is 0 Å². The lowest BCUT2D eigenvalue weighted by atomic mass is 10.3. The lowest BCUT2D eigenvalue weighted by molar-refractivity contribution is -0.130. The molecule has 4 nitrogen and oxygen atoms in total. The third-order valence-electron chi connectivity index (χ3n) is 1.58. The largest absolute Gasteiger partial charge is 0.394 e. The summed E-state index contributed by atoms with van der Waals surface area (Å²) < 4.78 is 10.5. The van der Waals surface area contributed by atoms with Gasteiger partial charge in [0.15, 0.2) is 11.4 Å². The summed E-state index contributed by atoms with van der Waals surface area (Å²) in [5.74, 6) is 0.500. The molecule has 1 N–H and O–H groups in total. The van der Waals surface area contributed by atoms with Gasteiger partial charge in [-0.1, -0.05) is 25.6 Å². The average molecular weight is 236 g/mol. The van der Waals surface area contributed by atoms with Gasteiger partial charge in [0.25, 0.3) is 0 Å². The highest BCUT2D eigenvalue weighted by Crippen LogP contribution is 2.13. The van der Waals surface area contributed by atoms with E-state index < -0.39 is 6.29 Å². The van der Waals surface area contributed by atoms with Crippen LogP contribution < -0.4 is 0 Å². The van der Waals surface area contributed by atoms with Crippen LogP contribution in [0.2, 0.25) is 0 Å². The van der Waals surface area contributed by atoms with E-state index in [0.29, 0.717) is 12.4 Å². The fourth-order valence-corrected chi connectivity index (χ4v) is 1.66. The molecule has 0 aliphatic heterocycles. The lowest BCUT2D eigenvalue weighted by Crippen LogP contribution is -2.23. The van der Waals surface area contributed by atoms with Crippen LogP contribution in [0.4, 0.5) is 0 Å². The Labute approximate surface area is 95.3 Å². The van der Waals surface area contributed by atoms with Gasteiger partial charge in [-0.3, -0.25) is 4.79 Å². The number of hydrogen-bond donors (Lipinski definition) is 1. The third-order valence-corrected chi connectivity index (χ3v) is 2.78. The molecule has 0 rings (SSSR count). The molecular weight excluding hydrogens is 216 g/mol. The van der Waals surface area contributed by atoms with Crippen molar-refractivity contribution in [2.75, 3.05) is 25.6 Å². The van der Waals surface area contributed by atoms with Crippen molar-refractivity contribution in [2.24, 2.45) is 5.92 Å². The second-order valence-corrected chi connectivity index (χ2v) is 4.29. The molecule has 0 bridgehead atoms. The minimum absolute atomic E-state index is 0.0233. The molecule has 0 heterocycles. The zero-order valence-electron chi connectivity index (χ0n) is 9.56. The normalized spacial score (nSPS) is 13.1. The van der Waals surface area contributed by atoms with E-state index in [1.807, 2.05) is 20.8 Å². The Morgan fingerprint density at radius 2 is 2.07 bits per heavy atom. The van der Waals surface area contributed by atoms with E-state index in [1.165, 1.54) is 11.8 Å². The van der Waals surface area contributed by atoms with E-state index in [4.69, 9.17) is 14.6 Å². The summed E-state index contributed by atoms with van der Waals surface area (Å²) in [6.45, 7) is 6.32. The first-order chi connectivity index (χ1) is 7.11. The quantitative estimate of drug-likeness (QED) is 0.643. The predicted molar refractivity (Wildman–Crippen MR) is 60.8 cm³/mol. The molecule has 5 heteroatoms. The minimum Gasteiger partial charge on any atom is -0.394 e. The number of aliphatic hydroxyl groups excluding tert-OH is 1. The van der Waals surface area contributed by atoms with Gasteiger partial charge >= 0.3 is 0 Å². The van der Waals surface area contributed by atoms with E-state index >= 15 is 0 Å². The summed E-state index contributed by atoms with van der Waals surface area (Å²) >= 11 is 1.21. The Kier molecular flexibility index (Phi) is 9.09. The molecule has 90 valence electrons. The van der Waals surface area contributed by atoms with Crippen molar-refractivity contribution in [2.45, 2.75) is 27.1 Å². The van der Waals surface area contributed by atoms with E-state index in [1.54, 1.807) is 0 Å². The van der Waals surface area contributed by atoms with Crippen molar-refractivity contribution in [3.63, 3.8) is 0 Å². The fraction of sp³-hybridized carbons (Fsp3) is 0.900. The first-order valence-corrected chi connectivity index (χ1v) is 6.11. The topological polar surface area (TPSA) is 55.8 Å². The van der Waals surface area contributed by atoms with Crippen LogP contribution in [-0.2, 0) is 14.3 Å². The maximum Gasteiger partial charge on any atom is 0.191 e. The Balaban J connectivity index is 3.78. The average Bonchev–Trinajstić information content (AvgIpc) is 2.21. The fourth-order valence-electron chi connectivity index (χ4n) is 0.831. The molecule has 0 radical (unpaired) electrons. The van der Waals surface area contributed by atoms with Gasteiger partial charge in [-0.25, -0.2) is 0 Å². The Morgan fingerprint density at radius 1 is 1.40 bits per heavy atom. The number of carbonyl (C=O) groups excluding carboxylic acids is 1. The summed E-state index contributed by atoms with van der Waals surface area (Å²) in [5, 5.41) is 8.73. The summed E-state index contributed by atoms with van der Waals surface area (Å²) in [6, 6.07) is 0. The highest BCUT2D eigenvalue weighted by Gasteiger charge is 2.14. The van der Waals surface area contributed by atoms with Crippen molar-refractivity contribution in [1.82, 2.24) is 0 Å². The molecule has 0 fully saturated rings. The molecule has 0 saturated heterocycles. The smallest absolute Gasteiger partial charge is 0.191 e. The SMILES string of the molecule is CCOC(CSC(=O)C(C)C)OCCO. The Bertz CT molecular complexity index is 173. The van der Waals surface area contributed by atoms with Gasteiger partial charge in [0, 0.05) is 12.5 Å². The van der Waals surface area contributed by atoms with Crippen LogP contribution in [-0.4, -0.2) is 42.1 Å². The van der Waals surface area contributed by atoms with Crippen molar-refractivity contribution in [1.29, 1.82) is 0 Å². The maximum absolute atomic E-state index is 11.3. The molecule has 0 spiro atoms. The first kappa shape index (κ1) is 14.9. The highest BCUT2D eigenvalue weighted by atomic mass is 32.2. The van der Waals surface area contributed by atoms with Gasteiger partial charge in [0.1, 0.15) is 0 Å². The summed E-state index contributed by atoms with van der Waals surface area (Å²) in [5.41, 5.74) is 0. The number of aliphatic hydroxyl groups is 1. The van der Waals surface area contributed by atoms with Gasteiger partial charge in [0.05, 0.1) is 19.0 Å². The summed E-state index contributed by atoms with van der Waals surface area (Å²) in [4.78, 5) is 11.3. The molecule has 0 aliphatic carbocycles. The molecule has 0 aromatic carbocycles. The zero-order chi connectivity index (χ0) is 11.7. The standard InChI is InChI=1S/C10H20O4S/c1-4-13-9(14-6-5-11)7-15-10(12)8(2)3/h8-9,11H,4-7H2,1-3H3. The Morgan fingerprint density at radius 3 is 2.53 bits per heavy atom. The van der Waals surface area contributed by atoms with Crippen LogP contribution in [0.1, 0.15) is 20.8 Å². The van der Waals surface area contributed by atoms with E-state index in [0.717, 1.165) is 0 Å². The van der Waals surface area contributed by atoms with Crippen LogP contribution in [0.25, 0.3) is 0 Å². The van der Waals surface area contributed by atoms with Crippen molar-refractivity contribution in [3.8, 4) is 0 Å². The van der Waals surface area contributed by atoms with Gasteiger partial charge in [-0.05, 0) is 6.92 Å². The van der Waals surface area contributed by atoms with Crippen LogP contribution >= 0.6 is 11.8 Å². The lowest BCUT2D eigenvalue weighted by Gasteiger charge is -2.16. The predicted octanol–water partition coefficient (Wildman–Crippen LogP) is 1.27. The molecule has 0 aromatic heterocycles. The number of carbonyl (C=O) groups is 1. The zero-order valence-corrected chi connectivity index (χ0v) is 10.4. The molecule has 0 amide bonds. The third kappa shape index (κ3) is 7.79. The van der Waals surface area contributed by atoms with E-state index in [-0.39, 0.29) is 24.2 Å². The number of hydrogen-bond acceptors (Lipinski definition) is 5. The number of rotatable bonds is 8. The molecule has 0 saturated carbocycles. The molecule has 1 atom stereocenters. The first-order valence-electron chi connectivity index (χ1n) is 5.12. The molecule has 0 aliphatic rings. The van der Waals surface area contributed by atoms with Crippen molar-refractivity contribution in [3.05, 3.63) is 0 Å². The summed E-state index contributed by atoms with van der Waals surface area (Å²) in [6.07, 6.45) is -0.408. The maximum atomic E-state index is 11.3. The molecule has 1 unspecified atom stereocenters. The molecule has 0 aromatic rings. The van der Waals surface area contributed by atoms with Crippen LogP contribution in [0.5, 0.6) is 0 Å². The number of thioether (sulfide) groups is 1. The Hall–Kier alpha value is -0.100. The summed E-state index contributed by atoms with van der Waals surface area (Å²) in [7, 11) is 0. The van der Waals surface area contributed by atoms with Gasteiger partial charge < -0.3 is 14.6 Å². The van der Waals surface area contributed by atoms with Gasteiger partial charge in [-0.2, -0.15) is 0 Å². The van der Waals surface area contributed by atoms with Gasteiger partial charge in [-0.15, -0.1) is 0 Å².